The molecule has 1 saturated heterocycles. The van der Waals surface area contributed by atoms with Gasteiger partial charge in [-0.2, -0.15) is 17.0 Å². The molecule has 2 fully saturated rings. The highest BCUT2D eigenvalue weighted by Crippen LogP contribution is 2.35. The van der Waals surface area contributed by atoms with Gasteiger partial charge in [-0.25, -0.2) is 0 Å². The molecular formula is C30H43N3O4S. The third-order valence-electron chi connectivity index (χ3n) is 7.92. The van der Waals surface area contributed by atoms with E-state index in [1.807, 2.05) is 30.3 Å². The van der Waals surface area contributed by atoms with Crippen LogP contribution in [0.3, 0.4) is 0 Å². The Hall–Kier alpha value is -2.23. The van der Waals surface area contributed by atoms with E-state index in [2.05, 4.69) is 36.2 Å². The molecule has 1 saturated carbocycles. The number of ether oxygens (including phenoxy) is 2. The van der Waals surface area contributed by atoms with Crippen molar-refractivity contribution in [3.8, 4) is 5.75 Å². The molecule has 1 N–H and O–H groups in total. The van der Waals surface area contributed by atoms with Crippen LogP contribution in [0.2, 0.25) is 0 Å². The Bertz CT molecular complexity index is 1140. The largest absolute Gasteiger partial charge is 0.497 e. The molecular weight excluding hydrogens is 498 g/mol. The summed E-state index contributed by atoms with van der Waals surface area (Å²) in [5.41, 5.74) is 3.67. The summed E-state index contributed by atoms with van der Waals surface area (Å²) in [6.45, 7) is 5.45. The zero-order chi connectivity index (χ0) is 27.1. The highest BCUT2D eigenvalue weighted by atomic mass is 32.2. The summed E-state index contributed by atoms with van der Waals surface area (Å²) >= 11 is 0. The van der Waals surface area contributed by atoms with Gasteiger partial charge in [0.25, 0.3) is 10.2 Å². The highest BCUT2D eigenvalue weighted by molar-refractivity contribution is 7.86. The van der Waals surface area contributed by atoms with E-state index in [1.165, 1.54) is 15.4 Å². The molecule has 2 aromatic carbocycles. The Labute approximate surface area is 229 Å². The SMILES string of the molecule is C=CCc1cccc(C2CCC(OC[C@@H]3NCC[C@@H]3N(Cc3ccc(OC)cc3)S(=O)(=O)N(C)C)CC2)c1. The summed E-state index contributed by atoms with van der Waals surface area (Å²) in [5.74, 6) is 1.32. The molecule has 2 aliphatic rings. The van der Waals surface area contributed by atoms with Crippen LogP contribution in [-0.4, -0.2) is 69.6 Å². The van der Waals surface area contributed by atoms with Gasteiger partial charge in [0.2, 0.25) is 0 Å². The normalized spacial score (nSPS) is 24.1. The summed E-state index contributed by atoms with van der Waals surface area (Å²) in [5, 5.41) is 3.52. The Kier molecular flexibility index (Phi) is 10.0. The Morgan fingerprint density at radius 2 is 1.76 bits per heavy atom. The molecule has 2 aromatic rings. The van der Waals surface area contributed by atoms with E-state index in [9.17, 15) is 8.42 Å². The van der Waals surface area contributed by atoms with Crippen molar-refractivity contribution in [3.05, 3.63) is 77.9 Å². The van der Waals surface area contributed by atoms with Crippen LogP contribution < -0.4 is 10.1 Å². The monoisotopic (exact) mass is 541 g/mol. The van der Waals surface area contributed by atoms with Gasteiger partial charge in [0.05, 0.1) is 19.8 Å². The lowest BCUT2D eigenvalue weighted by atomic mass is 9.82. The van der Waals surface area contributed by atoms with Gasteiger partial charge in [-0.05, 0) is 79.8 Å². The number of rotatable bonds is 12. The lowest BCUT2D eigenvalue weighted by Crippen LogP contribution is -2.51. The van der Waals surface area contributed by atoms with E-state index in [0.29, 0.717) is 19.1 Å². The second kappa shape index (κ2) is 13.2. The number of nitrogens with one attached hydrogen (secondary N) is 1. The Morgan fingerprint density at radius 3 is 2.42 bits per heavy atom. The van der Waals surface area contributed by atoms with E-state index in [-0.39, 0.29) is 18.2 Å². The smallest absolute Gasteiger partial charge is 0.282 e. The van der Waals surface area contributed by atoms with Crippen LogP contribution in [0, 0.1) is 0 Å². The van der Waals surface area contributed by atoms with Gasteiger partial charge >= 0.3 is 0 Å². The molecule has 8 heteroatoms. The van der Waals surface area contributed by atoms with E-state index >= 15 is 0 Å². The average Bonchev–Trinajstić information content (AvgIpc) is 3.39. The molecule has 0 aromatic heterocycles. The summed E-state index contributed by atoms with van der Waals surface area (Å²) in [6.07, 6.45) is 8.11. The molecule has 0 unspecified atom stereocenters. The van der Waals surface area contributed by atoms with E-state index in [0.717, 1.165) is 56.4 Å². The zero-order valence-corrected chi connectivity index (χ0v) is 23.8. The fraction of sp³-hybridized carbons (Fsp3) is 0.533. The van der Waals surface area contributed by atoms with Crippen LogP contribution in [-0.2, 0) is 27.9 Å². The molecule has 0 amide bonds. The van der Waals surface area contributed by atoms with Gasteiger partial charge in [-0.3, -0.25) is 0 Å². The third kappa shape index (κ3) is 7.04. The minimum Gasteiger partial charge on any atom is -0.497 e. The second-order valence-corrected chi connectivity index (χ2v) is 12.7. The van der Waals surface area contributed by atoms with Crippen molar-refractivity contribution in [1.29, 1.82) is 0 Å². The summed E-state index contributed by atoms with van der Waals surface area (Å²) in [4.78, 5) is 0. The van der Waals surface area contributed by atoms with Crippen molar-refractivity contribution >= 4 is 10.2 Å². The fourth-order valence-corrected chi connectivity index (χ4v) is 7.03. The molecule has 0 radical (unpaired) electrons. The first kappa shape index (κ1) is 28.8. The number of allylic oxidation sites excluding steroid dienone is 1. The number of hydrogen-bond donors (Lipinski definition) is 1. The van der Waals surface area contributed by atoms with Crippen LogP contribution in [0.1, 0.15) is 54.7 Å². The first-order chi connectivity index (χ1) is 18.3. The minimum absolute atomic E-state index is 0.0451. The number of benzene rings is 2. The molecule has 2 atom stereocenters. The second-order valence-electron chi connectivity index (χ2n) is 10.6. The standard InChI is InChI=1S/C30H43N3O4S/c1-5-7-23-8-6-9-26(20-23)25-12-16-28(17-13-25)37-22-29-30(18-19-31-29)33(38(34,35)32(2)3)21-24-10-14-27(36-4)15-11-24/h5-6,8-11,14-15,20,25,28-31H,1,7,12-13,16-19,21-22H2,2-4H3/t25?,28?,29-,30-/m0/s1. The van der Waals surface area contributed by atoms with Crippen LogP contribution >= 0.6 is 0 Å². The van der Waals surface area contributed by atoms with Gasteiger partial charge in [0.15, 0.2) is 0 Å². The maximum atomic E-state index is 13.4. The van der Waals surface area contributed by atoms with Crippen LogP contribution in [0.15, 0.2) is 61.2 Å². The van der Waals surface area contributed by atoms with E-state index in [4.69, 9.17) is 9.47 Å². The predicted octanol–water partition coefficient (Wildman–Crippen LogP) is 4.51. The number of nitrogens with zero attached hydrogens (tertiary/aromatic N) is 2. The quantitative estimate of drug-likeness (QED) is 0.401. The summed E-state index contributed by atoms with van der Waals surface area (Å²) in [6, 6.07) is 16.3. The Balaban J connectivity index is 1.37. The molecule has 4 rings (SSSR count). The maximum Gasteiger partial charge on any atom is 0.282 e. The van der Waals surface area contributed by atoms with Gasteiger partial charge in [0.1, 0.15) is 5.75 Å². The molecule has 1 aliphatic carbocycles. The predicted molar refractivity (Wildman–Crippen MR) is 153 cm³/mol. The number of methoxy groups -OCH3 is 1. The molecule has 1 aliphatic heterocycles. The molecule has 1 heterocycles. The van der Waals surface area contributed by atoms with Gasteiger partial charge in [-0.15, -0.1) is 6.58 Å². The Morgan fingerprint density at radius 1 is 1.03 bits per heavy atom. The lowest BCUT2D eigenvalue weighted by molar-refractivity contribution is 0.00779. The summed E-state index contributed by atoms with van der Waals surface area (Å²) < 4.78 is 41.4. The molecule has 38 heavy (non-hydrogen) atoms. The molecule has 0 bridgehead atoms. The van der Waals surface area contributed by atoms with Crippen molar-refractivity contribution in [2.45, 2.75) is 69.2 Å². The highest BCUT2D eigenvalue weighted by Gasteiger charge is 2.40. The van der Waals surface area contributed by atoms with Crippen molar-refractivity contribution < 1.29 is 17.9 Å². The molecule has 0 spiro atoms. The fourth-order valence-electron chi connectivity index (χ4n) is 5.70. The third-order valence-corrected chi connectivity index (χ3v) is 9.84. The molecule has 7 nitrogen and oxygen atoms in total. The molecule has 208 valence electrons. The topological polar surface area (TPSA) is 71.1 Å². The lowest BCUT2D eigenvalue weighted by Gasteiger charge is -2.35. The average molecular weight is 542 g/mol. The van der Waals surface area contributed by atoms with Crippen LogP contribution in [0.4, 0.5) is 0 Å². The first-order valence-corrected chi connectivity index (χ1v) is 15.1. The van der Waals surface area contributed by atoms with E-state index in [1.54, 1.807) is 25.5 Å². The minimum atomic E-state index is -3.62. The number of hydrogen-bond acceptors (Lipinski definition) is 5. The van der Waals surface area contributed by atoms with Crippen LogP contribution in [0.25, 0.3) is 0 Å². The van der Waals surface area contributed by atoms with Crippen molar-refractivity contribution in [3.63, 3.8) is 0 Å². The van der Waals surface area contributed by atoms with Crippen LogP contribution in [0.5, 0.6) is 5.75 Å². The van der Waals surface area contributed by atoms with Crippen molar-refractivity contribution in [1.82, 2.24) is 13.9 Å². The van der Waals surface area contributed by atoms with Gasteiger partial charge < -0.3 is 14.8 Å². The van der Waals surface area contributed by atoms with Gasteiger partial charge in [0, 0.05) is 32.7 Å². The van der Waals surface area contributed by atoms with Crippen molar-refractivity contribution in [2.75, 3.05) is 34.4 Å². The van der Waals surface area contributed by atoms with Gasteiger partial charge in [-0.1, -0.05) is 42.5 Å². The zero-order valence-electron chi connectivity index (χ0n) is 23.0. The maximum absolute atomic E-state index is 13.4. The van der Waals surface area contributed by atoms with E-state index < -0.39 is 10.2 Å². The van der Waals surface area contributed by atoms with Crippen molar-refractivity contribution in [2.24, 2.45) is 0 Å². The first-order valence-electron chi connectivity index (χ1n) is 13.7. The summed E-state index contributed by atoms with van der Waals surface area (Å²) in [7, 11) is 1.19.